The van der Waals surface area contributed by atoms with E-state index in [-0.39, 0.29) is 34.3 Å². The van der Waals surface area contributed by atoms with E-state index in [9.17, 15) is 32.3 Å². The molecule has 0 aliphatic heterocycles. The van der Waals surface area contributed by atoms with Gasteiger partial charge in [0.25, 0.3) is 0 Å². The van der Waals surface area contributed by atoms with Gasteiger partial charge in [-0.05, 0) is 26.0 Å². The van der Waals surface area contributed by atoms with Crippen molar-refractivity contribution in [2.24, 2.45) is 0 Å². The fourth-order valence-corrected chi connectivity index (χ4v) is 3.60. The van der Waals surface area contributed by atoms with Crippen LogP contribution in [0.4, 0.5) is 23.2 Å². The van der Waals surface area contributed by atoms with Crippen LogP contribution in [0.25, 0.3) is 10.9 Å². The van der Waals surface area contributed by atoms with Gasteiger partial charge in [0.1, 0.15) is 6.54 Å². The van der Waals surface area contributed by atoms with Gasteiger partial charge < -0.3 is 15.0 Å². The van der Waals surface area contributed by atoms with Crippen LogP contribution in [0, 0.1) is 5.82 Å². The van der Waals surface area contributed by atoms with E-state index in [1.807, 2.05) is 0 Å². The normalized spacial score (nSPS) is 12.2. The van der Waals surface area contributed by atoms with E-state index in [0.717, 1.165) is 23.1 Å². The average Bonchev–Trinajstić information content (AvgIpc) is 3.45. The molecule has 0 saturated heterocycles. The molecule has 36 heavy (non-hydrogen) atoms. The summed E-state index contributed by atoms with van der Waals surface area (Å²) in [6, 6.07) is 2.09. The smallest absolute Gasteiger partial charge is 0.394 e. The number of hydrogen-bond donors (Lipinski definition) is 2. The van der Waals surface area contributed by atoms with Crippen molar-refractivity contribution in [1.29, 1.82) is 0 Å². The highest BCUT2D eigenvalue weighted by molar-refractivity contribution is 6.16. The van der Waals surface area contributed by atoms with Gasteiger partial charge in [-0.2, -0.15) is 18.3 Å². The molecule has 0 bridgehead atoms. The maximum Gasteiger partial charge on any atom is 0.435 e. The maximum absolute atomic E-state index is 14.6. The number of nitrogens with zero attached hydrogens (tertiary/aromatic N) is 5. The number of amides is 1. The predicted octanol–water partition coefficient (Wildman–Crippen LogP) is 3.38. The summed E-state index contributed by atoms with van der Waals surface area (Å²) >= 11 is 0. The number of halogens is 4. The first-order chi connectivity index (χ1) is 16.9. The molecular formula is C23H20F4N6O3. The summed E-state index contributed by atoms with van der Waals surface area (Å²) in [4.78, 5) is 33.4. The summed E-state index contributed by atoms with van der Waals surface area (Å²) in [5.74, 6) is -1.89. The second-order valence-electron chi connectivity index (χ2n) is 8.64. The molecule has 0 radical (unpaired) electrons. The van der Waals surface area contributed by atoms with E-state index in [4.69, 9.17) is 0 Å². The molecule has 4 heterocycles. The molecule has 188 valence electrons. The van der Waals surface area contributed by atoms with E-state index in [0.29, 0.717) is 0 Å². The van der Waals surface area contributed by atoms with E-state index in [1.165, 1.54) is 35.4 Å². The summed E-state index contributed by atoms with van der Waals surface area (Å²) in [5, 5.41) is 15.8. The Hall–Kier alpha value is -4.13. The van der Waals surface area contributed by atoms with Crippen molar-refractivity contribution in [3.8, 4) is 0 Å². The zero-order valence-corrected chi connectivity index (χ0v) is 19.0. The van der Waals surface area contributed by atoms with Crippen molar-refractivity contribution in [3.05, 3.63) is 72.0 Å². The third kappa shape index (κ3) is 4.82. The van der Waals surface area contributed by atoms with E-state index >= 15 is 0 Å². The van der Waals surface area contributed by atoms with Crippen LogP contribution in [0.15, 0.2) is 49.3 Å². The number of aliphatic hydroxyl groups is 1. The van der Waals surface area contributed by atoms with Crippen LogP contribution in [-0.4, -0.2) is 47.7 Å². The average molecular weight is 504 g/mol. The third-order valence-corrected chi connectivity index (χ3v) is 5.47. The van der Waals surface area contributed by atoms with E-state index < -0.39 is 41.5 Å². The first-order valence-electron chi connectivity index (χ1n) is 10.6. The Kier molecular flexibility index (Phi) is 6.35. The van der Waals surface area contributed by atoms with Crippen LogP contribution >= 0.6 is 0 Å². The first-order valence-corrected chi connectivity index (χ1v) is 10.6. The largest absolute Gasteiger partial charge is 0.435 e. The van der Waals surface area contributed by atoms with Crippen molar-refractivity contribution in [2.75, 3.05) is 11.9 Å². The van der Waals surface area contributed by atoms with Crippen LogP contribution in [0.3, 0.4) is 0 Å². The Morgan fingerprint density at radius 3 is 2.50 bits per heavy atom. The predicted molar refractivity (Wildman–Crippen MR) is 120 cm³/mol. The van der Waals surface area contributed by atoms with Gasteiger partial charge in [-0.15, -0.1) is 0 Å². The van der Waals surface area contributed by atoms with Crippen molar-refractivity contribution in [1.82, 2.24) is 24.3 Å². The molecule has 0 aliphatic carbocycles. The number of pyridine rings is 2. The minimum absolute atomic E-state index is 0.0661. The Morgan fingerprint density at radius 2 is 1.83 bits per heavy atom. The van der Waals surface area contributed by atoms with Gasteiger partial charge in [0.05, 0.1) is 35.7 Å². The highest BCUT2D eigenvalue weighted by Crippen LogP contribution is 2.31. The molecule has 4 rings (SSSR count). The van der Waals surface area contributed by atoms with Crippen LogP contribution in [0.2, 0.25) is 0 Å². The van der Waals surface area contributed by atoms with Crippen molar-refractivity contribution >= 4 is 28.3 Å². The van der Waals surface area contributed by atoms with Gasteiger partial charge in [-0.1, -0.05) is 0 Å². The van der Waals surface area contributed by atoms with Gasteiger partial charge >= 0.3 is 6.18 Å². The van der Waals surface area contributed by atoms with Gasteiger partial charge in [0, 0.05) is 41.3 Å². The summed E-state index contributed by atoms with van der Waals surface area (Å²) < 4.78 is 55.0. The Morgan fingerprint density at radius 1 is 1.11 bits per heavy atom. The Bertz CT molecular complexity index is 1460. The topological polar surface area (TPSA) is 115 Å². The number of anilines is 1. The number of carbonyl (C=O) groups is 2. The van der Waals surface area contributed by atoms with Gasteiger partial charge in [0.2, 0.25) is 5.91 Å². The second-order valence-corrected chi connectivity index (χ2v) is 8.64. The number of alkyl halides is 3. The molecule has 1 amide bonds. The number of aliphatic hydroxyl groups excluding tert-OH is 1. The van der Waals surface area contributed by atoms with Crippen molar-refractivity contribution < 1.29 is 32.3 Å². The van der Waals surface area contributed by atoms with Crippen LogP contribution < -0.4 is 5.32 Å². The molecule has 0 unspecified atom stereocenters. The molecule has 13 heteroatoms. The quantitative estimate of drug-likeness (QED) is 0.295. The Balaban J connectivity index is 1.59. The number of carbonyl (C=O) groups excluding carboxylic acids is 2. The van der Waals surface area contributed by atoms with Gasteiger partial charge in [0.15, 0.2) is 17.3 Å². The summed E-state index contributed by atoms with van der Waals surface area (Å²) in [6.07, 6.45) is 2.69. The Labute approximate surface area is 201 Å². The van der Waals surface area contributed by atoms with Crippen LogP contribution in [0.1, 0.15) is 35.5 Å². The lowest BCUT2D eigenvalue weighted by atomic mass is 10.0. The lowest BCUT2D eigenvalue weighted by Gasteiger charge is -2.25. The number of hydrogen-bond acceptors (Lipinski definition) is 6. The number of fused-ring (bicyclic) bond motifs is 1. The number of ketones is 1. The molecule has 0 fully saturated rings. The molecule has 0 spiro atoms. The molecule has 0 aliphatic rings. The number of rotatable bonds is 7. The number of nitrogens with one attached hydrogen (secondary N) is 1. The fraction of sp³-hybridized carbons (Fsp3) is 0.261. The molecule has 4 aromatic heterocycles. The lowest BCUT2D eigenvalue weighted by Crippen LogP contribution is -2.30. The maximum atomic E-state index is 14.6. The van der Waals surface area contributed by atoms with E-state index in [2.05, 4.69) is 20.4 Å². The molecule has 4 aromatic rings. The molecule has 0 atom stereocenters. The first kappa shape index (κ1) is 25.0. The fourth-order valence-electron chi connectivity index (χ4n) is 3.60. The molecular weight excluding hydrogens is 484 g/mol. The summed E-state index contributed by atoms with van der Waals surface area (Å²) in [7, 11) is 0. The van der Waals surface area contributed by atoms with Crippen LogP contribution in [0.5, 0.6) is 0 Å². The zero-order valence-electron chi connectivity index (χ0n) is 19.0. The highest BCUT2D eigenvalue weighted by Gasteiger charge is 2.33. The second kappa shape index (κ2) is 9.15. The zero-order chi connectivity index (χ0) is 26.3. The highest BCUT2D eigenvalue weighted by atomic mass is 19.4. The summed E-state index contributed by atoms with van der Waals surface area (Å²) in [5.41, 5.74) is -1.65. The monoisotopic (exact) mass is 504 g/mol. The van der Waals surface area contributed by atoms with E-state index in [1.54, 1.807) is 13.8 Å². The molecule has 9 nitrogen and oxygen atoms in total. The SMILES string of the molecule is CC(C)(CO)n1cc(C(=O)c2cncc(NC(=O)Cn3ccc(C(F)(F)F)n3)c2)c2cncc(F)c21. The van der Waals surface area contributed by atoms with Crippen molar-refractivity contribution in [3.63, 3.8) is 0 Å². The summed E-state index contributed by atoms with van der Waals surface area (Å²) in [6.45, 7) is 2.53. The molecule has 0 saturated carbocycles. The number of aromatic nitrogens is 5. The van der Waals surface area contributed by atoms with Gasteiger partial charge in [-0.25, -0.2) is 4.39 Å². The molecule has 2 N–H and O–H groups in total. The molecule has 0 aromatic carbocycles. The lowest BCUT2D eigenvalue weighted by molar-refractivity contribution is -0.141. The van der Waals surface area contributed by atoms with Crippen molar-refractivity contribution in [2.45, 2.75) is 32.1 Å². The minimum Gasteiger partial charge on any atom is -0.394 e. The minimum atomic E-state index is -4.63. The standard InChI is InChI=1S/C23H20F4N6O3/c1-22(2,12-34)33-10-16(15-8-29-9-17(24)20(15)33)21(36)13-5-14(7-28-6-13)30-19(35)11-32-4-3-18(31-32)23(25,26)27/h3-10,34H,11-12H2,1-2H3,(H,30,35). The third-order valence-electron chi connectivity index (χ3n) is 5.47. The van der Waals surface area contributed by atoms with Crippen LogP contribution in [-0.2, 0) is 23.1 Å². The van der Waals surface area contributed by atoms with Gasteiger partial charge in [-0.3, -0.25) is 24.2 Å².